The summed E-state index contributed by atoms with van der Waals surface area (Å²) in [4.78, 5) is 39.4. The number of nitrogens with zero attached hydrogens (tertiary/aromatic N) is 3. The van der Waals surface area contributed by atoms with Crippen molar-refractivity contribution in [3.05, 3.63) is 71.0 Å². The number of nitrogens with one attached hydrogen (secondary N) is 1. The molecule has 0 saturated carbocycles. The number of amides is 3. The molecule has 34 heavy (non-hydrogen) atoms. The van der Waals surface area contributed by atoms with Crippen LogP contribution in [0.15, 0.2) is 48.5 Å². The van der Waals surface area contributed by atoms with Crippen LogP contribution >= 0.6 is 0 Å². The predicted molar refractivity (Wildman–Crippen MR) is 125 cm³/mol. The summed E-state index contributed by atoms with van der Waals surface area (Å²) in [7, 11) is 1.57. The standard InChI is InChI=1S/C25H25N5O4/c1-34-18-11-9-17(10-12-18)30-23-21(22(28-30)24(26)32)19(14-27-25(23)33)15-5-7-16(8-6-15)29-13-3-2-4-20(29)31/h5-12,19H,2-4,13-14H2,1H3,(H2,26,32)(H,27,33). The van der Waals surface area contributed by atoms with E-state index in [9.17, 15) is 14.4 Å². The first-order valence-corrected chi connectivity index (χ1v) is 11.2. The van der Waals surface area contributed by atoms with Crippen molar-refractivity contribution >= 4 is 23.4 Å². The molecule has 3 heterocycles. The van der Waals surface area contributed by atoms with E-state index >= 15 is 0 Å². The summed E-state index contributed by atoms with van der Waals surface area (Å²) in [5.74, 6) is -0.540. The van der Waals surface area contributed by atoms with Crippen LogP contribution in [0.25, 0.3) is 5.69 Å². The van der Waals surface area contributed by atoms with Crippen molar-refractivity contribution in [3.63, 3.8) is 0 Å². The highest BCUT2D eigenvalue weighted by Gasteiger charge is 2.36. The Labute approximate surface area is 196 Å². The molecule has 9 nitrogen and oxygen atoms in total. The number of aromatic nitrogens is 2. The first-order valence-electron chi connectivity index (χ1n) is 11.2. The van der Waals surface area contributed by atoms with Crippen molar-refractivity contribution in [2.24, 2.45) is 5.73 Å². The van der Waals surface area contributed by atoms with E-state index in [1.54, 1.807) is 36.3 Å². The van der Waals surface area contributed by atoms with E-state index < -0.39 is 5.91 Å². The lowest BCUT2D eigenvalue weighted by Gasteiger charge is -2.28. The van der Waals surface area contributed by atoms with Gasteiger partial charge < -0.3 is 20.7 Å². The Bertz CT molecular complexity index is 1260. The second-order valence-corrected chi connectivity index (χ2v) is 8.44. The Kier molecular flexibility index (Phi) is 5.53. The summed E-state index contributed by atoms with van der Waals surface area (Å²) >= 11 is 0. The highest BCUT2D eigenvalue weighted by Crippen LogP contribution is 2.35. The van der Waals surface area contributed by atoms with Gasteiger partial charge in [0.1, 0.15) is 11.4 Å². The number of hydrogen-bond acceptors (Lipinski definition) is 5. The Morgan fingerprint density at radius 1 is 1.06 bits per heavy atom. The number of benzene rings is 2. The van der Waals surface area contributed by atoms with Crippen LogP contribution in [0.1, 0.15) is 57.3 Å². The Morgan fingerprint density at radius 3 is 2.41 bits per heavy atom. The van der Waals surface area contributed by atoms with E-state index in [4.69, 9.17) is 10.5 Å². The molecule has 2 aromatic carbocycles. The average Bonchev–Trinajstić information content (AvgIpc) is 3.27. The largest absolute Gasteiger partial charge is 0.497 e. The normalized spacial score (nSPS) is 17.8. The predicted octanol–water partition coefficient (Wildman–Crippen LogP) is 2.37. The minimum absolute atomic E-state index is 0.0703. The highest BCUT2D eigenvalue weighted by molar-refractivity contribution is 6.02. The molecular weight excluding hydrogens is 434 g/mol. The summed E-state index contributed by atoms with van der Waals surface area (Å²) < 4.78 is 6.67. The maximum atomic E-state index is 12.9. The van der Waals surface area contributed by atoms with Crippen molar-refractivity contribution in [1.29, 1.82) is 0 Å². The molecular formula is C25H25N5O4. The zero-order valence-corrected chi connectivity index (χ0v) is 18.8. The fourth-order valence-corrected chi connectivity index (χ4v) is 4.70. The second kappa shape index (κ2) is 8.66. The number of methoxy groups -OCH3 is 1. The third kappa shape index (κ3) is 3.68. The van der Waals surface area contributed by atoms with Crippen LogP contribution in [-0.4, -0.2) is 47.7 Å². The number of carbonyl (C=O) groups excluding carboxylic acids is 3. The third-order valence-electron chi connectivity index (χ3n) is 6.43. The maximum Gasteiger partial charge on any atom is 0.270 e. The lowest BCUT2D eigenvalue weighted by atomic mass is 9.86. The summed E-state index contributed by atoms with van der Waals surface area (Å²) in [5.41, 5.74) is 8.90. The van der Waals surface area contributed by atoms with E-state index in [0.717, 1.165) is 24.1 Å². The van der Waals surface area contributed by atoms with Gasteiger partial charge in [-0.3, -0.25) is 14.4 Å². The molecule has 2 aliphatic heterocycles. The molecule has 9 heteroatoms. The number of hydrogen-bond donors (Lipinski definition) is 2. The first-order chi connectivity index (χ1) is 16.5. The number of anilines is 1. The molecule has 5 rings (SSSR count). The topological polar surface area (TPSA) is 120 Å². The number of carbonyl (C=O) groups is 3. The van der Waals surface area contributed by atoms with Crippen LogP contribution in [0.2, 0.25) is 0 Å². The van der Waals surface area contributed by atoms with Gasteiger partial charge in [-0.1, -0.05) is 12.1 Å². The van der Waals surface area contributed by atoms with Crippen molar-refractivity contribution in [2.45, 2.75) is 25.2 Å². The van der Waals surface area contributed by atoms with Gasteiger partial charge >= 0.3 is 0 Å². The zero-order valence-electron chi connectivity index (χ0n) is 18.8. The number of primary amides is 1. The van der Waals surface area contributed by atoms with Crippen molar-refractivity contribution < 1.29 is 19.1 Å². The van der Waals surface area contributed by atoms with E-state index in [0.29, 0.717) is 36.5 Å². The number of fused-ring (bicyclic) bond motifs is 1. The van der Waals surface area contributed by atoms with Gasteiger partial charge in [-0.2, -0.15) is 5.10 Å². The van der Waals surface area contributed by atoms with E-state index in [2.05, 4.69) is 10.4 Å². The molecule has 0 spiro atoms. The molecule has 0 radical (unpaired) electrons. The summed E-state index contributed by atoms with van der Waals surface area (Å²) in [5, 5.41) is 7.35. The van der Waals surface area contributed by atoms with Gasteiger partial charge in [0.2, 0.25) is 5.91 Å². The average molecular weight is 460 g/mol. The molecule has 1 saturated heterocycles. The van der Waals surface area contributed by atoms with Gasteiger partial charge in [0, 0.05) is 36.7 Å². The minimum atomic E-state index is -0.696. The van der Waals surface area contributed by atoms with Gasteiger partial charge in [0.05, 0.1) is 12.8 Å². The molecule has 1 atom stereocenters. The smallest absolute Gasteiger partial charge is 0.270 e. The summed E-state index contributed by atoms with van der Waals surface area (Å²) in [6.07, 6.45) is 2.47. The lowest BCUT2D eigenvalue weighted by Crippen LogP contribution is -2.37. The molecule has 3 N–H and O–H groups in total. The molecule has 1 unspecified atom stereocenters. The fraction of sp³-hybridized carbons (Fsp3) is 0.280. The van der Waals surface area contributed by atoms with Gasteiger partial charge in [0.15, 0.2) is 5.69 Å². The van der Waals surface area contributed by atoms with E-state index in [-0.39, 0.29) is 29.1 Å². The van der Waals surface area contributed by atoms with Gasteiger partial charge in [-0.25, -0.2) is 4.68 Å². The molecule has 174 valence electrons. The number of nitrogens with two attached hydrogens (primary N) is 1. The molecule has 3 amide bonds. The Balaban J connectivity index is 1.56. The second-order valence-electron chi connectivity index (χ2n) is 8.44. The molecule has 1 fully saturated rings. The van der Waals surface area contributed by atoms with E-state index in [1.165, 1.54) is 4.68 Å². The number of rotatable bonds is 5. The fourth-order valence-electron chi connectivity index (χ4n) is 4.70. The highest BCUT2D eigenvalue weighted by atomic mass is 16.5. The van der Waals surface area contributed by atoms with Crippen LogP contribution in [0.3, 0.4) is 0 Å². The van der Waals surface area contributed by atoms with Gasteiger partial charge in [-0.15, -0.1) is 0 Å². The summed E-state index contributed by atoms with van der Waals surface area (Å²) in [6.45, 7) is 1.02. The molecule has 0 bridgehead atoms. The first kappa shape index (κ1) is 21.7. The van der Waals surface area contributed by atoms with Crippen LogP contribution in [0, 0.1) is 0 Å². The zero-order chi connectivity index (χ0) is 23.8. The van der Waals surface area contributed by atoms with Crippen LogP contribution in [0.4, 0.5) is 5.69 Å². The maximum absolute atomic E-state index is 12.9. The Morgan fingerprint density at radius 2 is 1.76 bits per heavy atom. The molecule has 0 aliphatic carbocycles. The van der Waals surface area contributed by atoms with Crippen molar-refractivity contribution in [3.8, 4) is 11.4 Å². The number of ether oxygens (including phenoxy) is 1. The van der Waals surface area contributed by atoms with Gasteiger partial charge in [0.25, 0.3) is 11.8 Å². The third-order valence-corrected chi connectivity index (χ3v) is 6.43. The van der Waals surface area contributed by atoms with Gasteiger partial charge in [-0.05, 0) is 54.8 Å². The number of piperidine rings is 1. The quantitative estimate of drug-likeness (QED) is 0.607. The SMILES string of the molecule is COc1ccc(-n2nc(C(N)=O)c3c2C(=O)NCC3c2ccc(N3CCCCC3=O)cc2)cc1. The van der Waals surface area contributed by atoms with Crippen LogP contribution in [0.5, 0.6) is 5.75 Å². The van der Waals surface area contributed by atoms with Crippen LogP contribution in [-0.2, 0) is 4.79 Å². The molecule has 2 aliphatic rings. The van der Waals surface area contributed by atoms with Crippen LogP contribution < -0.4 is 20.7 Å². The Hall–Kier alpha value is -4.14. The molecule has 1 aromatic heterocycles. The van der Waals surface area contributed by atoms with Crippen molar-refractivity contribution in [1.82, 2.24) is 15.1 Å². The minimum Gasteiger partial charge on any atom is -0.497 e. The monoisotopic (exact) mass is 459 g/mol. The van der Waals surface area contributed by atoms with E-state index in [1.807, 2.05) is 24.3 Å². The summed E-state index contributed by atoms with van der Waals surface area (Å²) in [6, 6.07) is 14.7. The lowest BCUT2D eigenvalue weighted by molar-refractivity contribution is -0.119. The molecule has 3 aromatic rings. The van der Waals surface area contributed by atoms with Crippen molar-refractivity contribution in [2.75, 3.05) is 25.1 Å².